The van der Waals surface area contributed by atoms with Crippen LogP contribution in [0.25, 0.3) is 16.9 Å². The molecule has 0 saturated heterocycles. The highest BCUT2D eigenvalue weighted by Crippen LogP contribution is 2.21. The Morgan fingerprint density at radius 2 is 2.07 bits per heavy atom. The molecule has 0 N–H and O–H groups in total. The van der Waals surface area contributed by atoms with E-state index in [0.717, 1.165) is 11.1 Å². The van der Waals surface area contributed by atoms with Gasteiger partial charge in [0.25, 0.3) is 5.56 Å². The van der Waals surface area contributed by atoms with Gasteiger partial charge in [0.05, 0.1) is 19.5 Å². The van der Waals surface area contributed by atoms with Crippen molar-refractivity contribution in [3.8, 4) is 0 Å². The van der Waals surface area contributed by atoms with Gasteiger partial charge in [-0.2, -0.15) is 4.98 Å². The van der Waals surface area contributed by atoms with Crippen molar-refractivity contribution in [2.45, 2.75) is 19.6 Å². The summed E-state index contributed by atoms with van der Waals surface area (Å²) in [4.78, 5) is 25.9. The molecule has 0 spiro atoms. The number of imidazole rings is 1. The molecule has 136 valence electrons. The lowest BCUT2D eigenvalue weighted by molar-refractivity contribution is 0.0615. The highest BCUT2D eigenvalue weighted by Gasteiger charge is 2.17. The fourth-order valence-electron chi connectivity index (χ4n) is 3.05. The predicted octanol–water partition coefficient (Wildman–Crippen LogP) is 2.69. The minimum Gasteiger partial charge on any atom is -0.368 e. The molecule has 7 heteroatoms. The van der Waals surface area contributed by atoms with Crippen LogP contribution in [0.3, 0.4) is 0 Å². The molecule has 3 heterocycles. The molecule has 0 aliphatic rings. The third kappa shape index (κ3) is 3.24. The number of aryl methyl sites for hydroxylation is 1. The molecule has 0 aliphatic heterocycles. The van der Waals surface area contributed by atoms with E-state index in [2.05, 4.69) is 21.5 Å². The van der Waals surface area contributed by atoms with Crippen LogP contribution in [-0.4, -0.2) is 30.5 Å². The van der Waals surface area contributed by atoms with E-state index in [0.29, 0.717) is 30.1 Å². The molecule has 0 radical (unpaired) electrons. The SMILES string of the molecule is C=CCOC(Cn1cnc2nc3ncc(C)cn3c(=O)c21)c1ccccc1. The van der Waals surface area contributed by atoms with E-state index < -0.39 is 0 Å². The molecular formula is C20H19N5O2. The van der Waals surface area contributed by atoms with Crippen molar-refractivity contribution in [1.29, 1.82) is 0 Å². The topological polar surface area (TPSA) is 74.3 Å². The van der Waals surface area contributed by atoms with Crippen molar-refractivity contribution in [1.82, 2.24) is 23.9 Å². The van der Waals surface area contributed by atoms with Crippen molar-refractivity contribution >= 4 is 16.9 Å². The molecule has 1 aromatic carbocycles. The number of rotatable bonds is 6. The van der Waals surface area contributed by atoms with E-state index in [9.17, 15) is 4.79 Å². The Kier molecular flexibility index (Phi) is 4.52. The zero-order valence-corrected chi connectivity index (χ0v) is 14.9. The highest BCUT2D eigenvalue weighted by molar-refractivity contribution is 5.71. The lowest BCUT2D eigenvalue weighted by Crippen LogP contribution is -2.21. The van der Waals surface area contributed by atoms with Gasteiger partial charge in [0.15, 0.2) is 11.2 Å². The Morgan fingerprint density at radius 3 is 2.85 bits per heavy atom. The highest BCUT2D eigenvalue weighted by atomic mass is 16.5. The zero-order chi connectivity index (χ0) is 18.8. The lowest BCUT2D eigenvalue weighted by atomic mass is 10.1. The van der Waals surface area contributed by atoms with Crippen LogP contribution in [0.4, 0.5) is 0 Å². The van der Waals surface area contributed by atoms with Crippen molar-refractivity contribution < 1.29 is 4.74 Å². The number of nitrogens with zero attached hydrogens (tertiary/aromatic N) is 5. The molecule has 1 unspecified atom stereocenters. The molecule has 4 aromatic rings. The van der Waals surface area contributed by atoms with Crippen LogP contribution in [0.2, 0.25) is 0 Å². The molecule has 0 saturated carbocycles. The van der Waals surface area contributed by atoms with E-state index in [1.165, 1.54) is 4.40 Å². The first-order chi connectivity index (χ1) is 13.2. The van der Waals surface area contributed by atoms with Gasteiger partial charge < -0.3 is 9.30 Å². The third-order valence-electron chi connectivity index (χ3n) is 4.33. The Bertz CT molecular complexity index is 1160. The molecule has 7 nitrogen and oxygen atoms in total. The van der Waals surface area contributed by atoms with Crippen LogP contribution >= 0.6 is 0 Å². The predicted molar refractivity (Wildman–Crippen MR) is 103 cm³/mol. The summed E-state index contributed by atoms with van der Waals surface area (Å²) in [6.45, 7) is 6.45. The molecule has 0 bridgehead atoms. The average molecular weight is 361 g/mol. The van der Waals surface area contributed by atoms with E-state index in [4.69, 9.17) is 4.74 Å². The van der Waals surface area contributed by atoms with Gasteiger partial charge in [0, 0.05) is 12.4 Å². The fourth-order valence-corrected chi connectivity index (χ4v) is 3.05. The van der Waals surface area contributed by atoms with Crippen LogP contribution in [-0.2, 0) is 11.3 Å². The Balaban J connectivity index is 1.80. The standard InChI is InChI=1S/C20H19N5O2/c1-3-9-27-16(15-7-5-4-6-8-15)12-24-13-22-18-17(24)19(26)25-11-14(2)10-21-20(25)23-18/h3-8,10-11,13,16H,1,9,12H2,2H3. The van der Waals surface area contributed by atoms with Gasteiger partial charge in [-0.3, -0.25) is 4.79 Å². The largest absolute Gasteiger partial charge is 0.368 e. The van der Waals surface area contributed by atoms with Gasteiger partial charge in [-0.15, -0.1) is 6.58 Å². The number of benzene rings is 1. The number of ether oxygens (including phenoxy) is 1. The van der Waals surface area contributed by atoms with Crippen molar-refractivity contribution in [2.24, 2.45) is 0 Å². The number of hydrogen-bond acceptors (Lipinski definition) is 5. The molecule has 0 fully saturated rings. The van der Waals surface area contributed by atoms with Crippen LogP contribution < -0.4 is 5.56 Å². The molecule has 1 atom stereocenters. The van der Waals surface area contributed by atoms with Crippen LogP contribution in [0.15, 0.2) is 66.5 Å². The summed E-state index contributed by atoms with van der Waals surface area (Å²) in [5.41, 5.74) is 2.52. The minimum absolute atomic E-state index is 0.195. The summed E-state index contributed by atoms with van der Waals surface area (Å²) in [7, 11) is 0. The number of fused-ring (bicyclic) bond motifs is 2. The fraction of sp³-hybridized carbons (Fsp3) is 0.200. The molecule has 4 rings (SSSR count). The Hall–Kier alpha value is -3.32. The zero-order valence-electron chi connectivity index (χ0n) is 14.9. The van der Waals surface area contributed by atoms with Gasteiger partial charge in [0.2, 0.25) is 5.78 Å². The van der Waals surface area contributed by atoms with Crippen LogP contribution in [0.1, 0.15) is 17.2 Å². The van der Waals surface area contributed by atoms with E-state index in [1.54, 1.807) is 29.4 Å². The summed E-state index contributed by atoms with van der Waals surface area (Å²) < 4.78 is 9.19. The minimum atomic E-state index is -0.239. The Labute approximate surface area is 155 Å². The maximum Gasteiger partial charge on any atom is 0.285 e. The number of aromatic nitrogens is 5. The maximum atomic E-state index is 13.0. The second-order valence-electron chi connectivity index (χ2n) is 6.31. The van der Waals surface area contributed by atoms with Gasteiger partial charge in [-0.1, -0.05) is 36.4 Å². The monoisotopic (exact) mass is 361 g/mol. The summed E-state index contributed by atoms with van der Waals surface area (Å²) in [5, 5.41) is 0. The first-order valence-electron chi connectivity index (χ1n) is 8.64. The van der Waals surface area contributed by atoms with Gasteiger partial charge in [-0.25, -0.2) is 14.4 Å². The smallest absolute Gasteiger partial charge is 0.285 e. The van der Waals surface area contributed by atoms with E-state index in [1.807, 2.05) is 37.3 Å². The summed E-state index contributed by atoms with van der Waals surface area (Å²) in [6.07, 6.45) is 6.51. The maximum absolute atomic E-state index is 13.0. The van der Waals surface area contributed by atoms with Crippen molar-refractivity contribution in [3.63, 3.8) is 0 Å². The second kappa shape index (κ2) is 7.13. The summed E-state index contributed by atoms with van der Waals surface area (Å²) >= 11 is 0. The Morgan fingerprint density at radius 1 is 1.26 bits per heavy atom. The van der Waals surface area contributed by atoms with Gasteiger partial charge in [0.1, 0.15) is 6.10 Å². The lowest BCUT2D eigenvalue weighted by Gasteiger charge is -2.18. The van der Waals surface area contributed by atoms with Crippen molar-refractivity contribution in [2.75, 3.05) is 6.61 Å². The van der Waals surface area contributed by atoms with Crippen LogP contribution in [0, 0.1) is 6.92 Å². The van der Waals surface area contributed by atoms with Crippen molar-refractivity contribution in [3.05, 3.63) is 83.2 Å². The summed E-state index contributed by atoms with van der Waals surface area (Å²) in [6, 6.07) is 9.88. The quantitative estimate of drug-likeness (QED) is 0.494. The average Bonchev–Trinajstić information content (AvgIpc) is 3.09. The first kappa shape index (κ1) is 17.1. The summed E-state index contributed by atoms with van der Waals surface area (Å²) in [5.74, 6) is 0.339. The third-order valence-corrected chi connectivity index (χ3v) is 4.33. The van der Waals surface area contributed by atoms with Gasteiger partial charge >= 0.3 is 0 Å². The van der Waals surface area contributed by atoms with E-state index in [-0.39, 0.29) is 11.7 Å². The van der Waals surface area contributed by atoms with E-state index >= 15 is 0 Å². The number of hydrogen-bond donors (Lipinski definition) is 0. The molecule has 0 amide bonds. The van der Waals surface area contributed by atoms with Crippen LogP contribution in [0.5, 0.6) is 0 Å². The van der Waals surface area contributed by atoms with Gasteiger partial charge in [-0.05, 0) is 18.1 Å². The molecular weight excluding hydrogens is 342 g/mol. The second-order valence-corrected chi connectivity index (χ2v) is 6.31. The molecule has 27 heavy (non-hydrogen) atoms. The first-order valence-corrected chi connectivity index (χ1v) is 8.64. The normalized spacial score (nSPS) is 12.5. The molecule has 3 aromatic heterocycles. The molecule has 0 aliphatic carbocycles.